The molecule has 0 bridgehead atoms. The minimum Gasteiger partial charge on any atom is -0.466 e. The lowest BCUT2D eigenvalue weighted by Crippen LogP contribution is -2.15. The van der Waals surface area contributed by atoms with Crippen LogP contribution >= 0.6 is 0 Å². The number of hydrogen-bond acceptors (Lipinski definition) is 4. The molecule has 5 heteroatoms. The van der Waals surface area contributed by atoms with E-state index >= 15 is 0 Å². The predicted molar refractivity (Wildman–Crippen MR) is 86.8 cm³/mol. The second kappa shape index (κ2) is 6.16. The molecule has 1 aliphatic rings. The van der Waals surface area contributed by atoms with Crippen LogP contribution in [0.2, 0.25) is 0 Å². The highest BCUT2D eigenvalue weighted by molar-refractivity contribution is 7.91. The van der Waals surface area contributed by atoms with E-state index < -0.39 is 21.0 Å². The number of sulfone groups is 1. The van der Waals surface area contributed by atoms with Crippen LogP contribution in [0.1, 0.15) is 35.6 Å². The van der Waals surface area contributed by atoms with E-state index in [-0.39, 0.29) is 23.9 Å². The second-order valence-corrected chi connectivity index (χ2v) is 7.65. The summed E-state index contributed by atoms with van der Waals surface area (Å²) >= 11 is 0. The molecule has 3 rings (SSSR count). The zero-order valence-electron chi connectivity index (χ0n) is 12.8. The van der Waals surface area contributed by atoms with Gasteiger partial charge in [0.05, 0.1) is 22.7 Å². The predicted octanol–water partition coefficient (Wildman–Crippen LogP) is 3.25. The Balaban J connectivity index is 2.04. The minimum absolute atomic E-state index is 0.232. The number of esters is 1. The first-order valence-corrected chi connectivity index (χ1v) is 9.14. The summed E-state index contributed by atoms with van der Waals surface area (Å²) in [6.45, 7) is 2.03. The van der Waals surface area contributed by atoms with Gasteiger partial charge in [-0.05, 0) is 36.6 Å². The van der Waals surface area contributed by atoms with Crippen LogP contribution in [0.3, 0.4) is 0 Å². The van der Waals surface area contributed by atoms with Crippen molar-refractivity contribution in [1.29, 1.82) is 0 Å². The number of carbonyl (C=O) groups excluding carboxylic acids is 1. The van der Waals surface area contributed by atoms with Gasteiger partial charge in [-0.2, -0.15) is 0 Å². The normalized spacial score (nSPS) is 20.0. The van der Waals surface area contributed by atoms with Crippen molar-refractivity contribution < 1.29 is 17.9 Å². The first-order valence-electron chi connectivity index (χ1n) is 7.60. The molecule has 120 valence electrons. The van der Waals surface area contributed by atoms with Crippen LogP contribution < -0.4 is 0 Å². The van der Waals surface area contributed by atoms with E-state index in [4.69, 9.17) is 4.74 Å². The molecule has 0 saturated carbocycles. The number of carbonyl (C=O) groups is 1. The lowest BCUT2D eigenvalue weighted by molar-refractivity contribution is -0.144. The van der Waals surface area contributed by atoms with Crippen LogP contribution in [-0.4, -0.2) is 21.0 Å². The Hall–Kier alpha value is -2.14. The van der Waals surface area contributed by atoms with Gasteiger partial charge >= 0.3 is 5.97 Å². The van der Waals surface area contributed by atoms with Gasteiger partial charge in [0.1, 0.15) is 0 Å². The van der Waals surface area contributed by atoms with Gasteiger partial charge in [0, 0.05) is 0 Å². The van der Waals surface area contributed by atoms with E-state index in [9.17, 15) is 13.2 Å². The van der Waals surface area contributed by atoms with Crippen molar-refractivity contribution in [3.63, 3.8) is 0 Å². The molecule has 2 atom stereocenters. The third-order valence-corrected chi connectivity index (χ3v) is 6.31. The maximum Gasteiger partial charge on any atom is 0.313 e. The Morgan fingerprint density at radius 3 is 2.30 bits per heavy atom. The summed E-state index contributed by atoms with van der Waals surface area (Å²) in [5.74, 6) is -0.875. The topological polar surface area (TPSA) is 60.4 Å². The van der Waals surface area contributed by atoms with Crippen molar-refractivity contribution in [1.82, 2.24) is 0 Å². The third-order valence-electron chi connectivity index (χ3n) is 4.19. The van der Waals surface area contributed by atoms with Gasteiger partial charge in [-0.25, -0.2) is 8.42 Å². The Labute approximate surface area is 136 Å². The molecular formula is C18H18O4S. The second-order valence-electron chi connectivity index (χ2n) is 5.52. The van der Waals surface area contributed by atoms with Crippen molar-refractivity contribution >= 4 is 15.8 Å². The number of hydrogen-bond donors (Lipinski definition) is 0. The zero-order chi connectivity index (χ0) is 16.4. The molecule has 4 nitrogen and oxygen atoms in total. The van der Waals surface area contributed by atoms with Crippen molar-refractivity contribution in [3.8, 4) is 0 Å². The van der Waals surface area contributed by atoms with E-state index in [1.54, 1.807) is 49.4 Å². The van der Waals surface area contributed by atoms with Gasteiger partial charge in [-0.1, -0.05) is 42.5 Å². The Morgan fingerprint density at radius 2 is 1.65 bits per heavy atom. The van der Waals surface area contributed by atoms with Gasteiger partial charge in [0.25, 0.3) is 0 Å². The van der Waals surface area contributed by atoms with Crippen LogP contribution in [0.15, 0.2) is 59.5 Å². The summed E-state index contributed by atoms with van der Waals surface area (Å²) in [7, 11) is -3.54. The molecule has 0 spiro atoms. The van der Waals surface area contributed by atoms with E-state index in [1.807, 2.05) is 12.1 Å². The number of fused-ring (bicyclic) bond motifs is 1. The van der Waals surface area contributed by atoms with Gasteiger partial charge in [-0.3, -0.25) is 4.79 Å². The van der Waals surface area contributed by atoms with Gasteiger partial charge in [-0.15, -0.1) is 0 Å². The molecule has 0 aliphatic heterocycles. The van der Waals surface area contributed by atoms with E-state index in [0.29, 0.717) is 5.56 Å². The summed E-state index contributed by atoms with van der Waals surface area (Å²) in [4.78, 5) is 12.5. The fourth-order valence-electron chi connectivity index (χ4n) is 3.12. The summed E-state index contributed by atoms with van der Waals surface area (Å²) in [6.07, 6.45) is 0.232. The van der Waals surface area contributed by atoms with Gasteiger partial charge in [0.2, 0.25) is 0 Å². The summed E-state index contributed by atoms with van der Waals surface area (Å²) in [5.41, 5.74) is 1.46. The molecule has 0 N–H and O–H groups in total. The molecular weight excluding hydrogens is 312 g/mol. The smallest absolute Gasteiger partial charge is 0.313 e. The maximum absolute atomic E-state index is 13.0. The SMILES string of the molecule is CCOC(=O)C1CC(S(=O)(=O)c2ccccc2)c2ccccc21. The Morgan fingerprint density at radius 1 is 1.04 bits per heavy atom. The third kappa shape index (κ3) is 2.77. The standard InChI is InChI=1S/C18H18O4S/c1-2-22-18(19)16-12-17(15-11-7-6-10-14(15)16)23(20,21)13-8-4-3-5-9-13/h3-11,16-17H,2,12H2,1H3. The van der Waals surface area contributed by atoms with Crippen LogP contribution in [-0.2, 0) is 19.4 Å². The number of rotatable bonds is 4. The maximum atomic E-state index is 13.0. The molecule has 2 aromatic carbocycles. The first kappa shape index (κ1) is 15.7. The summed E-state index contributed by atoms with van der Waals surface area (Å²) < 4.78 is 31.1. The molecule has 1 aliphatic carbocycles. The average molecular weight is 330 g/mol. The largest absolute Gasteiger partial charge is 0.466 e. The summed E-state index contributed by atoms with van der Waals surface area (Å²) in [5, 5.41) is -0.712. The fraction of sp³-hybridized carbons (Fsp3) is 0.278. The molecule has 0 amide bonds. The van der Waals surface area contributed by atoms with Crippen molar-refractivity contribution in [3.05, 3.63) is 65.7 Å². The van der Waals surface area contributed by atoms with Crippen molar-refractivity contribution in [2.75, 3.05) is 6.61 Å². The van der Waals surface area contributed by atoms with E-state index in [0.717, 1.165) is 5.56 Å². The molecule has 0 aromatic heterocycles. The summed E-state index contributed by atoms with van der Waals surface area (Å²) in [6, 6.07) is 15.6. The zero-order valence-corrected chi connectivity index (χ0v) is 13.6. The first-order chi connectivity index (χ1) is 11.1. The number of benzene rings is 2. The van der Waals surface area contributed by atoms with Crippen molar-refractivity contribution in [2.45, 2.75) is 29.4 Å². The average Bonchev–Trinajstić information content (AvgIpc) is 2.96. The van der Waals surface area contributed by atoms with Crippen LogP contribution in [0.5, 0.6) is 0 Å². The van der Waals surface area contributed by atoms with Gasteiger partial charge in [0.15, 0.2) is 9.84 Å². The van der Waals surface area contributed by atoms with E-state index in [1.165, 1.54) is 0 Å². The lowest BCUT2D eigenvalue weighted by atomic mass is 10.0. The quantitative estimate of drug-likeness (QED) is 0.807. The van der Waals surface area contributed by atoms with Crippen LogP contribution in [0.4, 0.5) is 0 Å². The number of ether oxygens (including phenoxy) is 1. The molecule has 2 unspecified atom stereocenters. The van der Waals surface area contributed by atoms with Crippen molar-refractivity contribution in [2.24, 2.45) is 0 Å². The highest BCUT2D eigenvalue weighted by Gasteiger charge is 2.42. The molecule has 23 heavy (non-hydrogen) atoms. The highest BCUT2D eigenvalue weighted by atomic mass is 32.2. The molecule has 0 radical (unpaired) electrons. The lowest BCUT2D eigenvalue weighted by Gasteiger charge is -2.13. The van der Waals surface area contributed by atoms with Gasteiger partial charge < -0.3 is 4.74 Å². The fourth-order valence-corrected chi connectivity index (χ4v) is 4.98. The monoisotopic (exact) mass is 330 g/mol. The minimum atomic E-state index is -3.54. The molecule has 0 saturated heterocycles. The Bertz CT molecular complexity index is 812. The molecule has 2 aromatic rings. The Kier molecular flexibility index (Phi) is 4.22. The van der Waals surface area contributed by atoms with E-state index in [2.05, 4.69) is 0 Å². The van der Waals surface area contributed by atoms with Crippen LogP contribution in [0, 0.1) is 0 Å². The highest BCUT2D eigenvalue weighted by Crippen LogP contribution is 2.46. The molecule has 0 fully saturated rings. The molecule has 0 heterocycles. The van der Waals surface area contributed by atoms with Crippen LogP contribution in [0.25, 0.3) is 0 Å².